The van der Waals surface area contributed by atoms with Crippen LogP contribution in [-0.2, 0) is 15.6 Å². The third-order valence-electron chi connectivity index (χ3n) is 4.60. The van der Waals surface area contributed by atoms with E-state index in [1.165, 1.54) is 11.1 Å². The lowest BCUT2D eigenvalue weighted by Crippen LogP contribution is -2.39. The SMILES string of the molecule is CN=C(NCCCS(=O)(=O)Cc1ccccc1)NCC(C)c1ccc(C)cc1. The molecule has 0 aliphatic heterocycles. The van der Waals surface area contributed by atoms with Crippen LogP contribution >= 0.6 is 0 Å². The third kappa shape index (κ3) is 7.72. The number of aryl methyl sites for hydroxylation is 1. The van der Waals surface area contributed by atoms with Gasteiger partial charge < -0.3 is 10.6 Å². The molecule has 0 heterocycles. The van der Waals surface area contributed by atoms with Gasteiger partial charge in [-0.15, -0.1) is 0 Å². The standard InChI is InChI=1S/C22H31N3O2S/c1-18-10-12-21(13-11-18)19(2)16-25-22(23-3)24-14-7-15-28(26,27)17-20-8-5-4-6-9-20/h4-6,8-13,19H,7,14-17H2,1-3H3,(H2,23,24,25). The summed E-state index contributed by atoms with van der Waals surface area (Å²) in [5.41, 5.74) is 3.36. The number of guanidine groups is 1. The van der Waals surface area contributed by atoms with Gasteiger partial charge in [0.1, 0.15) is 0 Å². The molecule has 0 aromatic heterocycles. The number of nitrogens with one attached hydrogen (secondary N) is 2. The molecular formula is C22H31N3O2S. The van der Waals surface area contributed by atoms with Crippen LogP contribution < -0.4 is 10.6 Å². The molecule has 2 N–H and O–H groups in total. The molecule has 0 aliphatic rings. The van der Waals surface area contributed by atoms with Gasteiger partial charge >= 0.3 is 0 Å². The van der Waals surface area contributed by atoms with Crippen LogP contribution in [0.4, 0.5) is 0 Å². The number of sulfone groups is 1. The number of benzene rings is 2. The molecule has 0 amide bonds. The molecule has 1 atom stereocenters. The molecule has 0 fully saturated rings. The maximum Gasteiger partial charge on any atom is 0.190 e. The molecule has 6 heteroatoms. The van der Waals surface area contributed by atoms with Crippen LogP contribution in [0.25, 0.3) is 0 Å². The van der Waals surface area contributed by atoms with Gasteiger partial charge in [0, 0.05) is 20.1 Å². The summed E-state index contributed by atoms with van der Waals surface area (Å²) in [6, 6.07) is 17.8. The number of aliphatic imine (C=N–C) groups is 1. The van der Waals surface area contributed by atoms with Crippen molar-refractivity contribution in [1.82, 2.24) is 10.6 Å². The lowest BCUT2D eigenvalue weighted by molar-refractivity contribution is 0.591. The van der Waals surface area contributed by atoms with Crippen LogP contribution in [0.3, 0.4) is 0 Å². The summed E-state index contributed by atoms with van der Waals surface area (Å²) in [4.78, 5) is 4.21. The molecule has 0 bridgehead atoms. The predicted octanol–water partition coefficient (Wildman–Crippen LogP) is 3.27. The molecule has 5 nitrogen and oxygen atoms in total. The van der Waals surface area contributed by atoms with E-state index >= 15 is 0 Å². The summed E-state index contributed by atoms with van der Waals surface area (Å²) in [5.74, 6) is 1.30. The molecule has 28 heavy (non-hydrogen) atoms. The van der Waals surface area contributed by atoms with E-state index in [2.05, 4.69) is 53.7 Å². The minimum absolute atomic E-state index is 0.0921. The van der Waals surface area contributed by atoms with Gasteiger partial charge in [0.2, 0.25) is 0 Å². The van der Waals surface area contributed by atoms with Crippen LogP contribution in [0.1, 0.15) is 36.0 Å². The highest BCUT2D eigenvalue weighted by Gasteiger charge is 2.12. The van der Waals surface area contributed by atoms with E-state index in [4.69, 9.17) is 0 Å². The highest BCUT2D eigenvalue weighted by molar-refractivity contribution is 7.90. The second kappa shape index (κ2) is 10.9. The Labute approximate surface area is 169 Å². The van der Waals surface area contributed by atoms with Gasteiger partial charge in [-0.3, -0.25) is 4.99 Å². The van der Waals surface area contributed by atoms with Crippen molar-refractivity contribution in [2.75, 3.05) is 25.9 Å². The highest BCUT2D eigenvalue weighted by atomic mass is 32.2. The summed E-state index contributed by atoms with van der Waals surface area (Å²) in [6.07, 6.45) is 0.545. The van der Waals surface area contributed by atoms with Gasteiger partial charge in [0.25, 0.3) is 0 Å². The Balaban J connectivity index is 1.71. The van der Waals surface area contributed by atoms with Crippen LogP contribution in [0.5, 0.6) is 0 Å². The highest BCUT2D eigenvalue weighted by Crippen LogP contribution is 2.14. The Hall–Kier alpha value is -2.34. The Morgan fingerprint density at radius 3 is 2.36 bits per heavy atom. The van der Waals surface area contributed by atoms with E-state index in [0.717, 1.165) is 12.1 Å². The van der Waals surface area contributed by atoms with Crippen LogP contribution in [0, 0.1) is 6.92 Å². The van der Waals surface area contributed by atoms with Crippen LogP contribution in [0.15, 0.2) is 59.6 Å². The Morgan fingerprint density at radius 1 is 1.04 bits per heavy atom. The fourth-order valence-corrected chi connectivity index (χ4v) is 4.31. The molecule has 2 aromatic rings. The average molecular weight is 402 g/mol. The van der Waals surface area contributed by atoms with Gasteiger partial charge in [-0.1, -0.05) is 67.1 Å². The minimum atomic E-state index is -3.10. The monoisotopic (exact) mass is 401 g/mol. The fourth-order valence-electron chi connectivity index (χ4n) is 2.88. The van der Waals surface area contributed by atoms with Gasteiger partial charge in [-0.25, -0.2) is 8.42 Å². The summed E-state index contributed by atoms with van der Waals surface area (Å²) in [5, 5.41) is 6.51. The molecule has 0 saturated heterocycles. The van der Waals surface area contributed by atoms with E-state index in [9.17, 15) is 8.42 Å². The smallest absolute Gasteiger partial charge is 0.190 e. The Bertz CT molecular complexity index is 847. The lowest BCUT2D eigenvalue weighted by Gasteiger charge is -2.16. The first kappa shape index (κ1) is 22.0. The van der Waals surface area contributed by atoms with Crippen molar-refractivity contribution in [2.24, 2.45) is 4.99 Å². The molecular weight excluding hydrogens is 370 g/mol. The second-order valence-corrected chi connectivity index (χ2v) is 9.31. The Kier molecular flexibility index (Phi) is 8.51. The quantitative estimate of drug-likeness (QED) is 0.384. The number of hydrogen-bond acceptors (Lipinski definition) is 3. The van der Waals surface area contributed by atoms with Crippen molar-refractivity contribution in [1.29, 1.82) is 0 Å². The normalized spacial score (nSPS) is 13.2. The van der Waals surface area contributed by atoms with Crippen molar-refractivity contribution in [3.05, 3.63) is 71.3 Å². The van der Waals surface area contributed by atoms with Crippen molar-refractivity contribution >= 4 is 15.8 Å². The minimum Gasteiger partial charge on any atom is -0.356 e. The number of nitrogens with zero attached hydrogens (tertiary/aromatic N) is 1. The first-order valence-electron chi connectivity index (χ1n) is 9.65. The molecule has 2 aromatic carbocycles. The van der Waals surface area contributed by atoms with Gasteiger partial charge in [-0.2, -0.15) is 0 Å². The van der Waals surface area contributed by atoms with Crippen molar-refractivity contribution in [2.45, 2.75) is 31.9 Å². The molecule has 152 valence electrons. The van der Waals surface area contributed by atoms with E-state index in [-0.39, 0.29) is 11.5 Å². The Morgan fingerprint density at radius 2 is 1.71 bits per heavy atom. The topological polar surface area (TPSA) is 70.6 Å². The van der Waals surface area contributed by atoms with Gasteiger partial charge in [0.05, 0.1) is 11.5 Å². The first-order chi connectivity index (χ1) is 13.4. The van der Waals surface area contributed by atoms with E-state index in [1.54, 1.807) is 7.05 Å². The summed E-state index contributed by atoms with van der Waals surface area (Å²) >= 11 is 0. The summed E-state index contributed by atoms with van der Waals surface area (Å²) in [6.45, 7) is 5.57. The molecule has 0 aliphatic carbocycles. The number of hydrogen-bond donors (Lipinski definition) is 2. The lowest BCUT2D eigenvalue weighted by atomic mass is 10.0. The van der Waals surface area contributed by atoms with Crippen LogP contribution in [-0.4, -0.2) is 40.3 Å². The zero-order valence-corrected chi connectivity index (χ0v) is 17.8. The zero-order chi connectivity index (χ0) is 20.4. The van der Waals surface area contributed by atoms with Gasteiger partial charge in [0.15, 0.2) is 15.8 Å². The predicted molar refractivity (Wildman–Crippen MR) is 118 cm³/mol. The zero-order valence-electron chi connectivity index (χ0n) is 17.0. The van der Waals surface area contributed by atoms with Crippen LogP contribution in [0.2, 0.25) is 0 Å². The van der Waals surface area contributed by atoms with Crippen molar-refractivity contribution < 1.29 is 8.42 Å². The average Bonchev–Trinajstić information content (AvgIpc) is 2.68. The van der Waals surface area contributed by atoms with Crippen molar-refractivity contribution in [3.63, 3.8) is 0 Å². The third-order valence-corrected chi connectivity index (χ3v) is 6.28. The molecule has 0 saturated carbocycles. The number of rotatable bonds is 9. The summed E-state index contributed by atoms with van der Waals surface area (Å²) in [7, 11) is -1.38. The first-order valence-corrected chi connectivity index (χ1v) is 11.5. The molecule has 1 unspecified atom stereocenters. The van der Waals surface area contributed by atoms with E-state index in [1.807, 2.05) is 30.3 Å². The maximum absolute atomic E-state index is 12.2. The summed E-state index contributed by atoms with van der Waals surface area (Å²) < 4.78 is 24.5. The van der Waals surface area contributed by atoms with Crippen molar-refractivity contribution in [3.8, 4) is 0 Å². The fraction of sp³-hybridized carbons (Fsp3) is 0.409. The van der Waals surface area contributed by atoms with E-state index < -0.39 is 9.84 Å². The maximum atomic E-state index is 12.2. The van der Waals surface area contributed by atoms with E-state index in [0.29, 0.717) is 24.8 Å². The molecule has 0 spiro atoms. The molecule has 0 radical (unpaired) electrons. The van der Waals surface area contributed by atoms with Gasteiger partial charge in [-0.05, 0) is 30.4 Å². The largest absolute Gasteiger partial charge is 0.356 e. The second-order valence-electron chi connectivity index (χ2n) is 7.12. The molecule has 2 rings (SSSR count).